The first-order valence-corrected chi connectivity index (χ1v) is 8.34. The first-order chi connectivity index (χ1) is 8.52. The zero-order valence-electron chi connectivity index (χ0n) is 11.9. The van der Waals surface area contributed by atoms with Crippen LogP contribution >= 0.6 is 0 Å². The van der Waals surface area contributed by atoms with E-state index in [-0.39, 0.29) is 0 Å². The smallest absolute Gasteiger partial charge is 0.281 e. The Morgan fingerprint density at radius 2 is 2.11 bits per heavy atom. The summed E-state index contributed by atoms with van der Waals surface area (Å²) in [5, 5.41) is 3.38. The molecule has 18 heavy (non-hydrogen) atoms. The van der Waals surface area contributed by atoms with Crippen molar-refractivity contribution in [3.63, 3.8) is 0 Å². The fraction of sp³-hybridized carbons (Fsp3) is 1.00. The minimum atomic E-state index is -3.24. The third-order valence-electron chi connectivity index (χ3n) is 3.51. The Morgan fingerprint density at radius 1 is 1.39 bits per heavy atom. The molecule has 6 heteroatoms. The molecule has 0 saturated carbocycles. The maximum absolute atomic E-state index is 12.2. The van der Waals surface area contributed by atoms with Crippen molar-refractivity contribution >= 4 is 10.2 Å². The van der Waals surface area contributed by atoms with E-state index < -0.39 is 10.2 Å². The number of piperidine rings is 1. The number of hydrogen-bond acceptors (Lipinski definition) is 3. The Bertz CT molecular complexity index is 332. The first kappa shape index (κ1) is 15.9. The van der Waals surface area contributed by atoms with Crippen molar-refractivity contribution in [1.82, 2.24) is 13.9 Å². The van der Waals surface area contributed by atoms with Gasteiger partial charge in [0.2, 0.25) is 0 Å². The molecule has 0 aliphatic carbocycles. The Labute approximate surface area is 112 Å². The van der Waals surface area contributed by atoms with Crippen molar-refractivity contribution in [3.05, 3.63) is 0 Å². The molecule has 5 nitrogen and oxygen atoms in total. The molecule has 1 aliphatic rings. The molecule has 0 aromatic carbocycles. The molecule has 1 heterocycles. The van der Waals surface area contributed by atoms with Gasteiger partial charge in [-0.1, -0.05) is 13.8 Å². The summed E-state index contributed by atoms with van der Waals surface area (Å²) in [6.45, 7) is 7.79. The summed E-state index contributed by atoms with van der Waals surface area (Å²) in [5.74, 6) is 0.449. The van der Waals surface area contributed by atoms with E-state index in [1.54, 1.807) is 11.4 Å². The van der Waals surface area contributed by atoms with Crippen LogP contribution in [0.15, 0.2) is 0 Å². The van der Waals surface area contributed by atoms with Gasteiger partial charge in [0.05, 0.1) is 0 Å². The standard InChI is InChI=1S/C12H27N3O2S/c1-4-8-13-10-12-7-6-9-15(11-12)18(16,17)14(3)5-2/h12-13H,4-11H2,1-3H3. The van der Waals surface area contributed by atoms with E-state index in [0.29, 0.717) is 25.6 Å². The van der Waals surface area contributed by atoms with Gasteiger partial charge in [0.15, 0.2) is 0 Å². The third kappa shape index (κ3) is 4.19. The van der Waals surface area contributed by atoms with Gasteiger partial charge in [0.1, 0.15) is 0 Å². The summed E-state index contributed by atoms with van der Waals surface area (Å²) < 4.78 is 27.5. The van der Waals surface area contributed by atoms with E-state index in [9.17, 15) is 8.42 Å². The van der Waals surface area contributed by atoms with Crippen LogP contribution in [0.1, 0.15) is 33.1 Å². The predicted molar refractivity (Wildman–Crippen MR) is 74.7 cm³/mol. The van der Waals surface area contributed by atoms with Crippen LogP contribution < -0.4 is 5.32 Å². The number of nitrogens with one attached hydrogen (secondary N) is 1. The topological polar surface area (TPSA) is 52.7 Å². The molecule has 0 aromatic heterocycles. The monoisotopic (exact) mass is 277 g/mol. The van der Waals surface area contributed by atoms with Crippen LogP contribution in [-0.2, 0) is 10.2 Å². The zero-order valence-corrected chi connectivity index (χ0v) is 12.7. The second-order valence-corrected chi connectivity index (χ2v) is 7.03. The van der Waals surface area contributed by atoms with Gasteiger partial charge in [0, 0.05) is 26.7 Å². The first-order valence-electron chi connectivity index (χ1n) is 6.94. The van der Waals surface area contributed by atoms with Crippen molar-refractivity contribution in [3.8, 4) is 0 Å². The van der Waals surface area contributed by atoms with Gasteiger partial charge >= 0.3 is 0 Å². The molecule has 0 spiro atoms. The van der Waals surface area contributed by atoms with Crippen LogP contribution in [0, 0.1) is 5.92 Å². The summed E-state index contributed by atoms with van der Waals surface area (Å²) in [6.07, 6.45) is 3.21. The van der Waals surface area contributed by atoms with Gasteiger partial charge in [-0.15, -0.1) is 0 Å². The maximum atomic E-state index is 12.2. The molecule has 108 valence electrons. The molecule has 1 rings (SSSR count). The van der Waals surface area contributed by atoms with Gasteiger partial charge in [-0.2, -0.15) is 17.0 Å². The number of rotatable bonds is 7. The van der Waals surface area contributed by atoms with Crippen LogP contribution in [0.5, 0.6) is 0 Å². The minimum Gasteiger partial charge on any atom is -0.316 e. The lowest BCUT2D eigenvalue weighted by Crippen LogP contribution is -2.48. The van der Waals surface area contributed by atoms with Gasteiger partial charge in [0.25, 0.3) is 10.2 Å². The SMILES string of the molecule is CCCNCC1CCCN(S(=O)(=O)N(C)CC)C1. The largest absolute Gasteiger partial charge is 0.316 e. The lowest BCUT2D eigenvalue weighted by Gasteiger charge is -2.34. The Kier molecular flexibility index (Phi) is 6.55. The van der Waals surface area contributed by atoms with Crippen LogP contribution in [0.25, 0.3) is 0 Å². The van der Waals surface area contributed by atoms with Crippen molar-refractivity contribution in [2.75, 3.05) is 39.8 Å². The molecule has 0 bridgehead atoms. The molecule has 0 amide bonds. The number of nitrogens with zero attached hydrogens (tertiary/aromatic N) is 2. The van der Waals surface area contributed by atoms with E-state index >= 15 is 0 Å². The molecule has 1 unspecified atom stereocenters. The van der Waals surface area contributed by atoms with Crippen LogP contribution in [0.4, 0.5) is 0 Å². The molecule has 0 radical (unpaired) electrons. The predicted octanol–water partition coefficient (Wildman–Crippen LogP) is 0.895. The average molecular weight is 277 g/mol. The lowest BCUT2D eigenvalue weighted by atomic mass is 10.00. The van der Waals surface area contributed by atoms with Crippen molar-refractivity contribution in [1.29, 1.82) is 0 Å². The van der Waals surface area contributed by atoms with Gasteiger partial charge in [-0.3, -0.25) is 0 Å². The highest BCUT2D eigenvalue weighted by Gasteiger charge is 2.30. The summed E-state index contributed by atoms with van der Waals surface area (Å²) in [7, 11) is -1.59. The van der Waals surface area contributed by atoms with Crippen LogP contribution in [0.2, 0.25) is 0 Å². The second-order valence-electron chi connectivity index (χ2n) is 4.99. The second kappa shape index (κ2) is 7.43. The van der Waals surface area contributed by atoms with Crippen molar-refractivity contribution < 1.29 is 8.42 Å². The zero-order chi connectivity index (χ0) is 13.6. The van der Waals surface area contributed by atoms with E-state index in [1.165, 1.54) is 4.31 Å². The molecular weight excluding hydrogens is 250 g/mol. The fourth-order valence-electron chi connectivity index (χ4n) is 2.25. The van der Waals surface area contributed by atoms with E-state index in [0.717, 1.165) is 32.4 Å². The summed E-state index contributed by atoms with van der Waals surface area (Å²) in [5.41, 5.74) is 0. The Morgan fingerprint density at radius 3 is 2.72 bits per heavy atom. The average Bonchev–Trinajstić information content (AvgIpc) is 2.38. The summed E-state index contributed by atoms with van der Waals surface area (Å²) in [4.78, 5) is 0. The summed E-state index contributed by atoms with van der Waals surface area (Å²) in [6, 6.07) is 0. The van der Waals surface area contributed by atoms with Crippen molar-refractivity contribution in [2.45, 2.75) is 33.1 Å². The molecular formula is C12H27N3O2S. The van der Waals surface area contributed by atoms with Crippen LogP contribution in [0.3, 0.4) is 0 Å². The number of hydrogen-bond donors (Lipinski definition) is 1. The van der Waals surface area contributed by atoms with E-state index in [4.69, 9.17) is 0 Å². The van der Waals surface area contributed by atoms with Gasteiger partial charge in [-0.25, -0.2) is 0 Å². The van der Waals surface area contributed by atoms with E-state index in [1.807, 2.05) is 6.92 Å². The molecule has 1 aliphatic heterocycles. The highest BCUT2D eigenvalue weighted by Crippen LogP contribution is 2.20. The molecule has 1 fully saturated rings. The summed E-state index contributed by atoms with van der Waals surface area (Å²) >= 11 is 0. The molecule has 0 aromatic rings. The highest BCUT2D eigenvalue weighted by molar-refractivity contribution is 7.86. The normalized spacial score (nSPS) is 22.6. The quantitative estimate of drug-likeness (QED) is 0.703. The molecule has 1 atom stereocenters. The van der Waals surface area contributed by atoms with Crippen LogP contribution in [-0.4, -0.2) is 56.8 Å². The maximum Gasteiger partial charge on any atom is 0.281 e. The lowest BCUT2D eigenvalue weighted by molar-refractivity contribution is 0.247. The third-order valence-corrected chi connectivity index (χ3v) is 5.54. The minimum absolute atomic E-state index is 0.449. The fourth-order valence-corrected chi connectivity index (χ4v) is 3.73. The Balaban J connectivity index is 2.53. The van der Waals surface area contributed by atoms with E-state index in [2.05, 4.69) is 12.2 Å². The molecule has 1 saturated heterocycles. The highest BCUT2D eigenvalue weighted by atomic mass is 32.2. The Hall–Kier alpha value is -0.170. The molecule has 1 N–H and O–H groups in total. The van der Waals surface area contributed by atoms with Gasteiger partial charge < -0.3 is 5.32 Å². The van der Waals surface area contributed by atoms with Gasteiger partial charge in [-0.05, 0) is 38.3 Å². The van der Waals surface area contributed by atoms with Crippen molar-refractivity contribution in [2.24, 2.45) is 5.92 Å².